The molecule has 2 heterocycles. The number of rotatable bonds is 5. The smallest absolute Gasteiger partial charge is 0.264 e. The number of carbonyl (C=O) groups excluding carboxylic acids is 1. The largest absolute Gasteiger partial charge is 0.490 e. The van der Waals surface area contributed by atoms with Crippen LogP contribution in [0.1, 0.15) is 87.7 Å². The summed E-state index contributed by atoms with van der Waals surface area (Å²) >= 11 is 6.46. The first-order valence-corrected chi connectivity index (χ1v) is 23.6. The summed E-state index contributed by atoms with van der Waals surface area (Å²) in [7, 11) is -4.17. The Kier molecular flexibility index (Phi) is 11.1. The Morgan fingerprint density at radius 2 is 1.90 bits per heavy atom. The number of benzene rings is 2. The highest BCUT2D eigenvalue weighted by Gasteiger charge is 2.45. The maximum Gasteiger partial charge on any atom is 0.264 e. The van der Waals surface area contributed by atoms with Crippen LogP contribution in [0.5, 0.6) is 5.75 Å². The van der Waals surface area contributed by atoms with Crippen molar-refractivity contribution in [3.63, 3.8) is 0 Å². The van der Waals surface area contributed by atoms with E-state index in [0.717, 1.165) is 55.9 Å². The van der Waals surface area contributed by atoms with Crippen molar-refractivity contribution < 1.29 is 27.1 Å². The van der Waals surface area contributed by atoms with Crippen LogP contribution in [0.25, 0.3) is 0 Å². The molecule has 1 amide bonds. The quantitative estimate of drug-likeness (QED) is 0.243. The van der Waals surface area contributed by atoms with Gasteiger partial charge in [0.25, 0.3) is 5.91 Å². The van der Waals surface area contributed by atoms with Crippen LogP contribution in [0.4, 0.5) is 5.69 Å². The molecule has 0 saturated heterocycles. The van der Waals surface area contributed by atoms with Gasteiger partial charge < -0.3 is 18.8 Å². The van der Waals surface area contributed by atoms with Gasteiger partial charge >= 0.3 is 0 Å². The number of carbonyl (C=O) groups is 1. The molecule has 2 aromatic rings. The Morgan fingerprint density at radius 1 is 1.12 bits per heavy atom. The second kappa shape index (κ2) is 14.8. The molecule has 6 atom stereocenters. The van der Waals surface area contributed by atoms with E-state index in [1.54, 1.807) is 20.1 Å². The fourth-order valence-electron chi connectivity index (χ4n) is 8.27. The maximum atomic E-state index is 13.7. The number of ether oxygens (including phenoxy) is 2. The number of sulfonamides is 1. The van der Waals surface area contributed by atoms with Crippen molar-refractivity contribution in [1.29, 1.82) is 0 Å². The first-order chi connectivity index (χ1) is 24.0. The Balaban J connectivity index is 1.35. The Morgan fingerprint density at radius 3 is 2.61 bits per heavy atom. The van der Waals surface area contributed by atoms with E-state index in [1.165, 1.54) is 11.1 Å². The molecule has 2 aliphatic heterocycles. The summed E-state index contributed by atoms with van der Waals surface area (Å²) in [4.78, 5) is 16.1. The number of aryl methyl sites for hydroxylation is 1. The molecule has 51 heavy (non-hydrogen) atoms. The third-order valence-electron chi connectivity index (χ3n) is 12.7. The standard InChI is InChI=1S/C40H57ClN2O6SSi/c1-27-21-28(18-20-49-51(6,7)39(2,3)4)10-16-36(47-5)33-14-11-31(33)24-43-25-40(19-8-9-29-22-32(41)13-15-34(29)40)26-48-37-17-12-30(23-35(37)43)38(44)42-50(27,45)46/h10,12-13,15-17,22-23,27-28,31,33,36H,8-9,11,14,18-21,24-26H2,1-7H3,(H,42,44)/b16-10-/t27-,28-,31+,33-,36+,40+/m1/s1. The van der Waals surface area contributed by atoms with Gasteiger partial charge in [-0.15, -0.1) is 0 Å². The van der Waals surface area contributed by atoms with Gasteiger partial charge in [0.2, 0.25) is 10.0 Å². The van der Waals surface area contributed by atoms with Crippen molar-refractivity contribution in [3.8, 4) is 5.75 Å². The van der Waals surface area contributed by atoms with E-state index in [4.69, 9.17) is 25.5 Å². The molecule has 8 nitrogen and oxygen atoms in total. The molecule has 2 aromatic carbocycles. The topological polar surface area (TPSA) is 94.2 Å². The highest BCUT2D eigenvalue weighted by Crippen LogP contribution is 2.47. The molecule has 1 N–H and O–H groups in total. The number of hydrogen-bond donors (Lipinski definition) is 1. The van der Waals surface area contributed by atoms with Crippen molar-refractivity contribution in [2.24, 2.45) is 17.8 Å². The number of methoxy groups -OCH3 is 1. The molecule has 0 radical (unpaired) electrons. The zero-order valence-electron chi connectivity index (χ0n) is 31.5. The summed E-state index contributed by atoms with van der Waals surface area (Å²) in [5.74, 6) is 0.720. The van der Waals surface area contributed by atoms with E-state index in [2.05, 4.69) is 67.8 Å². The summed E-state index contributed by atoms with van der Waals surface area (Å²) in [6, 6.07) is 11.6. The molecule has 4 aliphatic rings. The molecule has 1 saturated carbocycles. The number of hydrogen-bond acceptors (Lipinski definition) is 7. The minimum absolute atomic E-state index is 0.0612. The van der Waals surface area contributed by atoms with Gasteiger partial charge in [-0.2, -0.15) is 0 Å². The average Bonchev–Trinajstić information content (AvgIpc) is 3.20. The van der Waals surface area contributed by atoms with E-state index in [1.807, 2.05) is 18.2 Å². The zero-order chi connectivity index (χ0) is 36.8. The average molecular weight is 758 g/mol. The van der Waals surface area contributed by atoms with Crippen LogP contribution in [-0.2, 0) is 31.0 Å². The number of nitrogens with one attached hydrogen (secondary N) is 1. The lowest BCUT2D eigenvalue weighted by Gasteiger charge is -2.46. The van der Waals surface area contributed by atoms with Crippen molar-refractivity contribution in [3.05, 3.63) is 70.3 Å². The SMILES string of the molecule is CO[C@H]1/C=C\[C@H](CCO[Si](C)(C)C(C)(C)C)C[C@@H](C)S(=O)(=O)NC(=O)c2ccc3c(c2)N(C[C@@H]2CC[C@H]21)C[C@@]1(CCCc2cc(Cl)ccc21)CO3. The Labute approximate surface area is 311 Å². The lowest BCUT2D eigenvalue weighted by atomic mass is 9.68. The van der Waals surface area contributed by atoms with E-state index < -0.39 is 29.5 Å². The van der Waals surface area contributed by atoms with Crippen LogP contribution in [0, 0.1) is 17.8 Å². The van der Waals surface area contributed by atoms with E-state index in [-0.39, 0.29) is 22.5 Å². The fraction of sp³-hybridized carbons (Fsp3) is 0.625. The van der Waals surface area contributed by atoms with Crippen LogP contribution in [0.2, 0.25) is 23.2 Å². The maximum absolute atomic E-state index is 13.7. The van der Waals surface area contributed by atoms with Crippen LogP contribution in [0.3, 0.4) is 0 Å². The van der Waals surface area contributed by atoms with Crippen molar-refractivity contribution in [2.45, 2.75) is 108 Å². The zero-order valence-corrected chi connectivity index (χ0v) is 34.0. The fourth-order valence-corrected chi connectivity index (χ4v) is 10.6. The van der Waals surface area contributed by atoms with Crippen LogP contribution in [0.15, 0.2) is 48.6 Å². The molecule has 1 spiro atoms. The number of allylic oxidation sites excluding steroid dienone is 1. The van der Waals surface area contributed by atoms with Crippen molar-refractivity contribution >= 4 is 41.5 Å². The molecule has 0 unspecified atom stereocenters. The summed E-state index contributed by atoms with van der Waals surface area (Å²) in [5, 5.41) is 0.0280. The summed E-state index contributed by atoms with van der Waals surface area (Å²) < 4.78 is 49.1. The van der Waals surface area contributed by atoms with Gasteiger partial charge in [0, 0.05) is 42.8 Å². The second-order valence-electron chi connectivity index (χ2n) is 17.1. The van der Waals surface area contributed by atoms with Gasteiger partial charge in [-0.05, 0) is 129 Å². The summed E-state index contributed by atoms with van der Waals surface area (Å²) in [6.45, 7) is 15.4. The number of nitrogens with zero attached hydrogens (tertiary/aromatic N) is 1. The van der Waals surface area contributed by atoms with Crippen LogP contribution >= 0.6 is 11.6 Å². The predicted octanol–water partition coefficient (Wildman–Crippen LogP) is 8.29. The molecule has 280 valence electrons. The predicted molar refractivity (Wildman–Crippen MR) is 208 cm³/mol. The molecule has 0 aromatic heterocycles. The van der Waals surface area contributed by atoms with Gasteiger partial charge in [0.1, 0.15) is 5.75 Å². The molecule has 2 aliphatic carbocycles. The van der Waals surface area contributed by atoms with Gasteiger partial charge in [0.15, 0.2) is 8.32 Å². The highest BCUT2D eigenvalue weighted by molar-refractivity contribution is 7.90. The van der Waals surface area contributed by atoms with Crippen molar-refractivity contribution in [1.82, 2.24) is 4.72 Å². The van der Waals surface area contributed by atoms with Crippen LogP contribution in [-0.4, -0.2) is 67.4 Å². The minimum atomic E-state index is -3.98. The third-order valence-corrected chi connectivity index (χ3v) is 19.1. The second-order valence-corrected chi connectivity index (χ2v) is 24.4. The molecular formula is C40H57ClN2O6SSi. The minimum Gasteiger partial charge on any atom is -0.490 e. The first kappa shape index (κ1) is 38.4. The third kappa shape index (κ3) is 8.10. The molecule has 2 bridgehead atoms. The van der Waals surface area contributed by atoms with E-state index in [9.17, 15) is 13.2 Å². The number of amides is 1. The monoisotopic (exact) mass is 756 g/mol. The van der Waals surface area contributed by atoms with Gasteiger partial charge in [-0.1, -0.05) is 50.6 Å². The molecule has 11 heteroatoms. The first-order valence-electron chi connectivity index (χ1n) is 18.7. The van der Waals surface area contributed by atoms with Gasteiger partial charge in [0.05, 0.1) is 23.6 Å². The summed E-state index contributed by atoms with van der Waals surface area (Å²) in [6.07, 6.45) is 10.4. The van der Waals surface area contributed by atoms with Crippen molar-refractivity contribution in [2.75, 3.05) is 38.3 Å². The summed E-state index contributed by atoms with van der Waals surface area (Å²) in [5.41, 5.74) is 3.43. The van der Waals surface area contributed by atoms with E-state index in [0.29, 0.717) is 49.2 Å². The Hall–Kier alpha value is -2.37. The normalized spacial score (nSPS) is 30.2. The lowest BCUT2D eigenvalue weighted by Crippen LogP contribution is -2.49. The molecular weight excluding hydrogens is 700 g/mol. The molecule has 6 rings (SSSR count). The highest BCUT2D eigenvalue weighted by atomic mass is 35.5. The Bertz CT molecular complexity index is 1740. The van der Waals surface area contributed by atoms with E-state index >= 15 is 0 Å². The lowest BCUT2D eigenvalue weighted by molar-refractivity contribution is 0.0129. The van der Waals surface area contributed by atoms with Crippen LogP contribution < -0.4 is 14.4 Å². The molecule has 1 fully saturated rings. The number of anilines is 1. The van der Waals surface area contributed by atoms with Gasteiger partial charge in [-0.25, -0.2) is 13.1 Å². The van der Waals surface area contributed by atoms with Gasteiger partial charge in [-0.3, -0.25) is 4.79 Å². The number of halogens is 1. The number of fused-ring (bicyclic) bond motifs is 4.